The van der Waals surface area contributed by atoms with Crippen LogP contribution >= 0.6 is 15.9 Å². The SMILES string of the molecule is Cc1cc(Br)ccc1N1CCNC(C(C)C)C1. The van der Waals surface area contributed by atoms with Crippen LogP contribution in [0, 0.1) is 12.8 Å². The maximum Gasteiger partial charge on any atom is 0.0397 e. The van der Waals surface area contributed by atoms with E-state index in [0.717, 1.165) is 24.1 Å². The Hall–Kier alpha value is -0.540. The molecule has 0 amide bonds. The smallest absolute Gasteiger partial charge is 0.0397 e. The summed E-state index contributed by atoms with van der Waals surface area (Å²) in [4.78, 5) is 2.50. The lowest BCUT2D eigenvalue weighted by Crippen LogP contribution is -2.53. The van der Waals surface area contributed by atoms with Crippen LogP contribution < -0.4 is 10.2 Å². The van der Waals surface area contributed by atoms with Gasteiger partial charge >= 0.3 is 0 Å². The van der Waals surface area contributed by atoms with Gasteiger partial charge in [0, 0.05) is 35.8 Å². The molecule has 1 aromatic carbocycles. The van der Waals surface area contributed by atoms with Crippen LogP contribution in [0.4, 0.5) is 5.69 Å². The summed E-state index contributed by atoms with van der Waals surface area (Å²) in [7, 11) is 0. The summed E-state index contributed by atoms with van der Waals surface area (Å²) in [5.41, 5.74) is 2.73. The van der Waals surface area contributed by atoms with Crippen LogP contribution in [0.15, 0.2) is 22.7 Å². The molecule has 94 valence electrons. The fourth-order valence-corrected chi connectivity index (χ4v) is 2.89. The highest BCUT2D eigenvalue weighted by Crippen LogP contribution is 2.25. The first-order chi connectivity index (χ1) is 8.08. The molecule has 1 fully saturated rings. The normalized spacial score (nSPS) is 21.0. The molecule has 17 heavy (non-hydrogen) atoms. The van der Waals surface area contributed by atoms with E-state index in [1.165, 1.54) is 11.3 Å². The lowest BCUT2D eigenvalue weighted by atomic mass is 10.0. The Kier molecular flexibility index (Phi) is 4.10. The van der Waals surface area contributed by atoms with Crippen LogP contribution in [0.5, 0.6) is 0 Å². The van der Waals surface area contributed by atoms with Crippen molar-refractivity contribution in [1.82, 2.24) is 5.32 Å². The maximum atomic E-state index is 3.60. The third-order valence-corrected chi connectivity index (χ3v) is 4.00. The van der Waals surface area contributed by atoms with E-state index >= 15 is 0 Å². The molecule has 0 aliphatic carbocycles. The average molecular weight is 297 g/mol. The number of piperazine rings is 1. The van der Waals surface area contributed by atoms with Crippen molar-refractivity contribution in [3.05, 3.63) is 28.2 Å². The standard InChI is InChI=1S/C14H21BrN2/c1-10(2)13-9-17(7-6-16-13)14-5-4-12(15)8-11(14)3/h4-5,8,10,13,16H,6-7,9H2,1-3H3. The van der Waals surface area contributed by atoms with Gasteiger partial charge in [-0.1, -0.05) is 29.8 Å². The van der Waals surface area contributed by atoms with Crippen molar-refractivity contribution < 1.29 is 0 Å². The highest BCUT2D eigenvalue weighted by atomic mass is 79.9. The van der Waals surface area contributed by atoms with Crippen molar-refractivity contribution in [2.24, 2.45) is 5.92 Å². The largest absolute Gasteiger partial charge is 0.368 e. The van der Waals surface area contributed by atoms with E-state index < -0.39 is 0 Å². The quantitative estimate of drug-likeness (QED) is 0.902. The number of rotatable bonds is 2. The van der Waals surface area contributed by atoms with Gasteiger partial charge in [0.25, 0.3) is 0 Å². The molecule has 1 atom stereocenters. The first-order valence-corrected chi connectivity index (χ1v) is 7.11. The number of nitrogens with one attached hydrogen (secondary N) is 1. The average Bonchev–Trinajstić information content (AvgIpc) is 2.29. The molecular formula is C14H21BrN2. The second-order valence-electron chi connectivity index (χ2n) is 5.18. The second-order valence-corrected chi connectivity index (χ2v) is 6.10. The maximum absolute atomic E-state index is 3.60. The number of aryl methyl sites for hydroxylation is 1. The van der Waals surface area contributed by atoms with Gasteiger partial charge < -0.3 is 10.2 Å². The number of hydrogen-bond donors (Lipinski definition) is 1. The molecule has 1 aliphatic heterocycles. The molecular weight excluding hydrogens is 276 g/mol. The van der Waals surface area contributed by atoms with Gasteiger partial charge in [-0.05, 0) is 36.6 Å². The lowest BCUT2D eigenvalue weighted by molar-refractivity contribution is 0.368. The first kappa shape index (κ1) is 12.9. The Morgan fingerprint density at radius 1 is 1.41 bits per heavy atom. The number of benzene rings is 1. The van der Waals surface area contributed by atoms with Gasteiger partial charge in [0.15, 0.2) is 0 Å². The number of nitrogens with zero attached hydrogens (tertiary/aromatic N) is 1. The minimum atomic E-state index is 0.604. The molecule has 0 bridgehead atoms. The van der Waals surface area contributed by atoms with Crippen LogP contribution in [0.25, 0.3) is 0 Å². The van der Waals surface area contributed by atoms with Crippen LogP contribution in [-0.4, -0.2) is 25.7 Å². The molecule has 1 unspecified atom stereocenters. The first-order valence-electron chi connectivity index (χ1n) is 6.32. The summed E-state index contributed by atoms with van der Waals surface area (Å²) in [5.74, 6) is 0.688. The summed E-state index contributed by atoms with van der Waals surface area (Å²) in [5, 5.41) is 3.60. The van der Waals surface area contributed by atoms with E-state index in [0.29, 0.717) is 12.0 Å². The summed E-state index contributed by atoms with van der Waals surface area (Å²) in [6.45, 7) is 10.1. The Morgan fingerprint density at radius 2 is 2.18 bits per heavy atom. The van der Waals surface area contributed by atoms with Gasteiger partial charge in [-0.25, -0.2) is 0 Å². The molecule has 0 spiro atoms. The lowest BCUT2D eigenvalue weighted by Gasteiger charge is -2.38. The van der Waals surface area contributed by atoms with Crippen LogP contribution in [0.3, 0.4) is 0 Å². The third kappa shape index (κ3) is 3.02. The van der Waals surface area contributed by atoms with Crippen LogP contribution in [-0.2, 0) is 0 Å². The van der Waals surface area contributed by atoms with Crippen molar-refractivity contribution in [2.45, 2.75) is 26.8 Å². The molecule has 0 radical (unpaired) electrons. The summed E-state index contributed by atoms with van der Waals surface area (Å²) < 4.78 is 1.16. The van der Waals surface area contributed by atoms with E-state index in [-0.39, 0.29) is 0 Å². The zero-order valence-electron chi connectivity index (χ0n) is 10.8. The van der Waals surface area contributed by atoms with Gasteiger partial charge in [-0.2, -0.15) is 0 Å². The predicted octanol–water partition coefficient (Wildman–Crippen LogP) is 3.19. The molecule has 3 heteroatoms. The molecule has 1 N–H and O–H groups in total. The highest BCUT2D eigenvalue weighted by Gasteiger charge is 2.22. The molecule has 0 saturated carbocycles. The van der Waals surface area contributed by atoms with Crippen molar-refractivity contribution in [1.29, 1.82) is 0 Å². The van der Waals surface area contributed by atoms with Crippen molar-refractivity contribution >= 4 is 21.6 Å². The van der Waals surface area contributed by atoms with Gasteiger partial charge in [0.05, 0.1) is 0 Å². The van der Waals surface area contributed by atoms with Gasteiger partial charge in [0.2, 0.25) is 0 Å². The fraction of sp³-hybridized carbons (Fsp3) is 0.571. The Balaban J connectivity index is 2.16. The zero-order valence-corrected chi connectivity index (χ0v) is 12.4. The summed E-state index contributed by atoms with van der Waals surface area (Å²) in [6, 6.07) is 7.16. The summed E-state index contributed by atoms with van der Waals surface area (Å²) in [6.07, 6.45) is 0. The molecule has 1 heterocycles. The Labute approximate surface area is 113 Å². The molecule has 1 aromatic rings. The fourth-order valence-electron chi connectivity index (χ4n) is 2.42. The monoisotopic (exact) mass is 296 g/mol. The zero-order chi connectivity index (χ0) is 12.4. The third-order valence-electron chi connectivity index (χ3n) is 3.51. The Morgan fingerprint density at radius 3 is 2.82 bits per heavy atom. The molecule has 1 aliphatic rings. The molecule has 0 aromatic heterocycles. The van der Waals surface area contributed by atoms with E-state index in [2.05, 4.69) is 65.1 Å². The minimum Gasteiger partial charge on any atom is -0.368 e. The number of halogens is 1. The number of anilines is 1. The predicted molar refractivity (Wildman–Crippen MR) is 77.7 cm³/mol. The van der Waals surface area contributed by atoms with Crippen LogP contribution in [0.1, 0.15) is 19.4 Å². The van der Waals surface area contributed by atoms with E-state index in [1.807, 2.05) is 0 Å². The van der Waals surface area contributed by atoms with Crippen molar-refractivity contribution in [2.75, 3.05) is 24.5 Å². The van der Waals surface area contributed by atoms with Crippen LogP contribution in [0.2, 0.25) is 0 Å². The Bertz CT molecular complexity index is 390. The summed E-state index contributed by atoms with van der Waals surface area (Å²) >= 11 is 3.52. The molecule has 1 saturated heterocycles. The van der Waals surface area contributed by atoms with Gasteiger partial charge in [-0.3, -0.25) is 0 Å². The number of hydrogen-bond acceptors (Lipinski definition) is 2. The van der Waals surface area contributed by atoms with E-state index in [9.17, 15) is 0 Å². The molecule has 2 rings (SSSR count). The van der Waals surface area contributed by atoms with Gasteiger partial charge in [-0.15, -0.1) is 0 Å². The topological polar surface area (TPSA) is 15.3 Å². The molecule has 2 nitrogen and oxygen atoms in total. The highest BCUT2D eigenvalue weighted by molar-refractivity contribution is 9.10. The van der Waals surface area contributed by atoms with Crippen molar-refractivity contribution in [3.8, 4) is 0 Å². The van der Waals surface area contributed by atoms with E-state index in [4.69, 9.17) is 0 Å². The second kappa shape index (κ2) is 5.40. The minimum absolute atomic E-state index is 0.604. The van der Waals surface area contributed by atoms with Crippen molar-refractivity contribution in [3.63, 3.8) is 0 Å². The van der Waals surface area contributed by atoms with Gasteiger partial charge in [0.1, 0.15) is 0 Å². The van der Waals surface area contributed by atoms with E-state index in [1.54, 1.807) is 0 Å².